The van der Waals surface area contributed by atoms with Gasteiger partial charge in [0.25, 0.3) is 0 Å². The lowest BCUT2D eigenvalue weighted by atomic mass is 10.1. The summed E-state index contributed by atoms with van der Waals surface area (Å²) in [7, 11) is 3.84. The topological polar surface area (TPSA) is 42.4 Å². The van der Waals surface area contributed by atoms with Crippen molar-refractivity contribution in [3.8, 4) is 0 Å². The van der Waals surface area contributed by atoms with Crippen LogP contribution >= 0.6 is 11.6 Å². The fraction of sp³-hybridized carbons (Fsp3) is 0.333. The van der Waals surface area contributed by atoms with Crippen LogP contribution in [0.4, 0.5) is 0 Å². The number of likely N-dealkylation sites (N-methyl/N-ethyl adjacent to an activating group) is 1. The lowest BCUT2D eigenvalue weighted by Gasteiger charge is -2.11. The highest BCUT2D eigenvalue weighted by atomic mass is 35.5. The molecular formula is C15H17ClN2O2. The zero-order chi connectivity index (χ0) is 14.7. The molecule has 0 aliphatic carbocycles. The molecule has 0 spiro atoms. The predicted molar refractivity (Wildman–Crippen MR) is 80.3 cm³/mol. The number of hydrogen-bond donors (Lipinski definition) is 0. The molecular weight excluding hydrogens is 276 g/mol. The Morgan fingerprint density at radius 1 is 1.40 bits per heavy atom. The lowest BCUT2D eigenvalue weighted by molar-refractivity contribution is 0.0484. The van der Waals surface area contributed by atoms with E-state index in [0.717, 1.165) is 10.9 Å². The van der Waals surface area contributed by atoms with Gasteiger partial charge in [-0.15, -0.1) is 0 Å². The van der Waals surface area contributed by atoms with Gasteiger partial charge in [-0.05, 0) is 38.7 Å². The first-order valence-electron chi connectivity index (χ1n) is 6.36. The van der Waals surface area contributed by atoms with Gasteiger partial charge in [0.2, 0.25) is 0 Å². The maximum atomic E-state index is 12.2. The molecule has 0 saturated heterocycles. The fourth-order valence-electron chi connectivity index (χ4n) is 1.87. The van der Waals surface area contributed by atoms with Crippen molar-refractivity contribution in [2.24, 2.45) is 0 Å². The van der Waals surface area contributed by atoms with E-state index in [0.29, 0.717) is 29.3 Å². The number of hydrogen-bond acceptors (Lipinski definition) is 4. The monoisotopic (exact) mass is 292 g/mol. The van der Waals surface area contributed by atoms with Crippen molar-refractivity contribution in [1.82, 2.24) is 9.88 Å². The van der Waals surface area contributed by atoms with Gasteiger partial charge in [-0.25, -0.2) is 4.79 Å². The highest BCUT2D eigenvalue weighted by molar-refractivity contribution is 6.35. The molecule has 0 radical (unpaired) electrons. The average molecular weight is 293 g/mol. The number of rotatable bonds is 4. The van der Waals surface area contributed by atoms with Crippen molar-refractivity contribution in [3.63, 3.8) is 0 Å². The average Bonchev–Trinajstić information content (AvgIpc) is 2.38. The molecule has 0 aliphatic heterocycles. The molecule has 2 aromatic rings. The molecule has 5 heteroatoms. The number of fused-ring (bicyclic) bond motifs is 1. The van der Waals surface area contributed by atoms with Crippen molar-refractivity contribution in [2.75, 3.05) is 27.2 Å². The molecule has 20 heavy (non-hydrogen) atoms. The predicted octanol–water partition coefficient (Wildman–Crippen LogP) is 2.92. The standard InChI is InChI=1S/C15H17ClN2O2/c1-10-8-11-4-5-12(16)13(14(11)17-9-10)15(19)20-7-6-18(2)3/h4-5,8-9H,6-7H2,1-3H3. The summed E-state index contributed by atoms with van der Waals surface area (Å²) in [6.07, 6.45) is 1.72. The van der Waals surface area contributed by atoms with Crippen molar-refractivity contribution in [2.45, 2.75) is 6.92 Å². The van der Waals surface area contributed by atoms with Gasteiger partial charge in [0.15, 0.2) is 0 Å². The van der Waals surface area contributed by atoms with Gasteiger partial charge in [0, 0.05) is 18.1 Å². The second-order valence-corrected chi connectivity index (χ2v) is 5.35. The Bertz CT molecular complexity index is 641. The molecule has 1 heterocycles. The summed E-state index contributed by atoms with van der Waals surface area (Å²) in [4.78, 5) is 18.4. The van der Waals surface area contributed by atoms with Crippen LogP contribution in [-0.2, 0) is 4.74 Å². The molecule has 0 amide bonds. The van der Waals surface area contributed by atoms with E-state index in [9.17, 15) is 4.79 Å². The van der Waals surface area contributed by atoms with Crippen LogP contribution in [0.1, 0.15) is 15.9 Å². The number of esters is 1. The van der Waals surface area contributed by atoms with Crippen LogP contribution in [0.15, 0.2) is 24.4 Å². The van der Waals surface area contributed by atoms with E-state index in [-0.39, 0.29) is 0 Å². The normalized spacial score (nSPS) is 11.1. The van der Waals surface area contributed by atoms with E-state index in [1.165, 1.54) is 0 Å². The van der Waals surface area contributed by atoms with Gasteiger partial charge in [0.05, 0.1) is 10.5 Å². The molecule has 0 fully saturated rings. The maximum Gasteiger partial charge on any atom is 0.341 e. The first-order valence-corrected chi connectivity index (χ1v) is 6.73. The summed E-state index contributed by atoms with van der Waals surface area (Å²) < 4.78 is 5.25. The molecule has 0 saturated carbocycles. The van der Waals surface area contributed by atoms with Crippen molar-refractivity contribution >= 4 is 28.5 Å². The highest BCUT2D eigenvalue weighted by Gasteiger charge is 2.17. The van der Waals surface area contributed by atoms with Gasteiger partial charge >= 0.3 is 5.97 Å². The second kappa shape index (κ2) is 6.20. The van der Waals surface area contributed by atoms with Crippen molar-refractivity contribution in [3.05, 3.63) is 40.5 Å². The number of ether oxygens (including phenoxy) is 1. The summed E-state index contributed by atoms with van der Waals surface area (Å²) in [5, 5.41) is 1.25. The molecule has 0 unspecified atom stereocenters. The Hall–Kier alpha value is -1.65. The highest BCUT2D eigenvalue weighted by Crippen LogP contribution is 2.25. The quantitative estimate of drug-likeness (QED) is 0.813. The molecule has 1 aromatic carbocycles. The summed E-state index contributed by atoms with van der Waals surface area (Å²) in [5.41, 5.74) is 1.95. The minimum atomic E-state index is -0.432. The molecule has 0 bridgehead atoms. The number of carbonyl (C=O) groups excluding carboxylic acids is 1. The molecule has 4 nitrogen and oxygen atoms in total. The number of aryl methyl sites for hydroxylation is 1. The number of pyridine rings is 1. The Morgan fingerprint density at radius 2 is 2.15 bits per heavy atom. The van der Waals surface area contributed by atoms with Gasteiger partial charge in [0.1, 0.15) is 12.2 Å². The molecule has 0 aliphatic rings. The summed E-state index contributed by atoms with van der Waals surface area (Å²) in [5.74, 6) is -0.432. The number of aromatic nitrogens is 1. The van der Waals surface area contributed by atoms with Crippen LogP contribution in [0.25, 0.3) is 10.9 Å². The Morgan fingerprint density at radius 3 is 2.85 bits per heavy atom. The van der Waals surface area contributed by atoms with E-state index >= 15 is 0 Å². The molecule has 106 valence electrons. The van der Waals surface area contributed by atoms with Crippen molar-refractivity contribution < 1.29 is 9.53 Å². The minimum Gasteiger partial charge on any atom is -0.461 e. The third-order valence-electron chi connectivity index (χ3n) is 2.91. The Balaban J connectivity index is 2.32. The van der Waals surface area contributed by atoms with Crippen molar-refractivity contribution in [1.29, 1.82) is 0 Å². The number of halogens is 1. The van der Waals surface area contributed by atoms with Crippen LogP contribution in [0, 0.1) is 6.92 Å². The van der Waals surface area contributed by atoms with E-state index in [2.05, 4.69) is 4.98 Å². The van der Waals surface area contributed by atoms with Crippen LogP contribution in [0.3, 0.4) is 0 Å². The minimum absolute atomic E-state index is 0.324. The number of nitrogens with zero attached hydrogens (tertiary/aromatic N) is 2. The first kappa shape index (κ1) is 14.8. The molecule has 2 rings (SSSR count). The van der Waals surface area contributed by atoms with Crippen LogP contribution in [0.2, 0.25) is 5.02 Å². The summed E-state index contributed by atoms with van der Waals surface area (Å²) >= 11 is 6.13. The van der Waals surface area contributed by atoms with E-state index in [1.807, 2.05) is 38.1 Å². The Kier molecular flexibility index (Phi) is 4.57. The van der Waals surface area contributed by atoms with Crippen LogP contribution in [-0.4, -0.2) is 43.1 Å². The Labute approximate surface area is 123 Å². The van der Waals surface area contributed by atoms with E-state index in [4.69, 9.17) is 16.3 Å². The van der Waals surface area contributed by atoms with E-state index < -0.39 is 5.97 Å². The van der Waals surface area contributed by atoms with E-state index in [1.54, 1.807) is 12.3 Å². The largest absolute Gasteiger partial charge is 0.461 e. The molecule has 0 N–H and O–H groups in total. The molecule has 1 aromatic heterocycles. The number of carbonyl (C=O) groups is 1. The lowest BCUT2D eigenvalue weighted by Crippen LogP contribution is -2.20. The van der Waals surface area contributed by atoms with Gasteiger partial charge in [-0.1, -0.05) is 17.7 Å². The van der Waals surface area contributed by atoms with Gasteiger partial charge < -0.3 is 9.64 Å². The third-order valence-corrected chi connectivity index (χ3v) is 3.23. The fourth-order valence-corrected chi connectivity index (χ4v) is 2.10. The zero-order valence-electron chi connectivity index (χ0n) is 11.8. The van der Waals surface area contributed by atoms with Crippen LogP contribution < -0.4 is 0 Å². The second-order valence-electron chi connectivity index (χ2n) is 4.95. The van der Waals surface area contributed by atoms with Crippen LogP contribution in [0.5, 0.6) is 0 Å². The zero-order valence-corrected chi connectivity index (χ0v) is 12.6. The summed E-state index contributed by atoms with van der Waals surface area (Å²) in [6, 6.07) is 5.52. The first-order chi connectivity index (χ1) is 9.49. The smallest absolute Gasteiger partial charge is 0.341 e. The van der Waals surface area contributed by atoms with Gasteiger partial charge in [-0.2, -0.15) is 0 Å². The van der Waals surface area contributed by atoms with Gasteiger partial charge in [-0.3, -0.25) is 4.98 Å². The third kappa shape index (κ3) is 3.26. The maximum absolute atomic E-state index is 12.2. The molecule has 0 atom stereocenters. The number of benzene rings is 1. The SMILES string of the molecule is Cc1cnc2c(C(=O)OCCN(C)C)c(Cl)ccc2c1. The summed E-state index contributed by atoms with van der Waals surface area (Å²) in [6.45, 7) is 2.95.